The molecule has 0 aliphatic carbocycles. The minimum atomic E-state index is -0.510. The highest BCUT2D eigenvalue weighted by Crippen LogP contribution is 2.18. The molecule has 23 heavy (non-hydrogen) atoms. The number of imidazole rings is 1. The topological polar surface area (TPSA) is 62.7 Å². The third-order valence-corrected chi connectivity index (χ3v) is 4.01. The van der Waals surface area contributed by atoms with Crippen LogP contribution in [0, 0.1) is 6.92 Å². The van der Waals surface area contributed by atoms with Crippen molar-refractivity contribution < 1.29 is 4.79 Å². The summed E-state index contributed by atoms with van der Waals surface area (Å²) in [5, 5.41) is 4.24. The van der Waals surface area contributed by atoms with Crippen molar-refractivity contribution in [2.24, 2.45) is 0 Å². The van der Waals surface area contributed by atoms with Crippen molar-refractivity contribution >= 4 is 16.8 Å². The van der Waals surface area contributed by atoms with Gasteiger partial charge in [0.25, 0.3) is 0 Å². The summed E-state index contributed by atoms with van der Waals surface area (Å²) in [4.78, 5) is 19.8. The molecule has 0 aliphatic rings. The Hall–Kier alpha value is -2.56. The maximum atomic E-state index is 12.3. The number of aromatic nitrogens is 3. The molecule has 3 aromatic rings. The van der Waals surface area contributed by atoms with Gasteiger partial charge in [-0.05, 0) is 38.3 Å². The molecule has 2 N–H and O–H groups in total. The number of H-pyrrole nitrogens is 1. The molecule has 0 saturated heterocycles. The largest absolute Gasteiger partial charge is 0.347 e. The van der Waals surface area contributed by atoms with Crippen LogP contribution >= 0.6 is 0 Å². The number of nitrogens with one attached hydrogen (secondary N) is 2. The molecule has 0 spiro atoms. The Kier molecular flexibility index (Phi) is 3.94. The number of benzene rings is 1. The number of carbonyl (C=O) groups is 1. The maximum absolute atomic E-state index is 12.3. The van der Waals surface area contributed by atoms with Gasteiger partial charge in [-0.3, -0.25) is 4.79 Å². The third-order valence-electron chi connectivity index (χ3n) is 4.01. The van der Waals surface area contributed by atoms with Crippen LogP contribution < -0.4 is 5.32 Å². The summed E-state index contributed by atoms with van der Waals surface area (Å²) >= 11 is 0. The van der Waals surface area contributed by atoms with Gasteiger partial charge in [0.2, 0.25) is 5.91 Å². The molecule has 5 heteroatoms. The molecule has 2 aromatic heterocycles. The molecule has 0 atom stereocenters. The number of rotatable bonds is 5. The van der Waals surface area contributed by atoms with Crippen molar-refractivity contribution in [3.05, 3.63) is 54.2 Å². The molecule has 0 aliphatic heterocycles. The van der Waals surface area contributed by atoms with Gasteiger partial charge in [0.05, 0.1) is 5.54 Å². The number of carbonyl (C=O) groups excluding carboxylic acids is 1. The predicted octanol–water partition coefficient (Wildman–Crippen LogP) is 3.11. The summed E-state index contributed by atoms with van der Waals surface area (Å²) in [5.41, 5.74) is 1.63. The Balaban J connectivity index is 1.63. The van der Waals surface area contributed by atoms with Crippen molar-refractivity contribution in [2.75, 3.05) is 0 Å². The van der Waals surface area contributed by atoms with Crippen molar-refractivity contribution in [1.29, 1.82) is 0 Å². The van der Waals surface area contributed by atoms with Gasteiger partial charge in [0.1, 0.15) is 5.82 Å². The number of para-hydroxylation sites is 1. The minimum Gasteiger partial charge on any atom is -0.347 e. The van der Waals surface area contributed by atoms with E-state index < -0.39 is 5.54 Å². The summed E-state index contributed by atoms with van der Waals surface area (Å²) in [6.45, 7) is 6.51. The average Bonchev–Trinajstić information content (AvgIpc) is 3.11. The lowest BCUT2D eigenvalue weighted by Gasteiger charge is -2.24. The fourth-order valence-corrected chi connectivity index (χ4v) is 2.76. The van der Waals surface area contributed by atoms with E-state index in [-0.39, 0.29) is 5.91 Å². The molecule has 0 unspecified atom stereocenters. The van der Waals surface area contributed by atoms with Crippen LogP contribution in [0.15, 0.2) is 42.7 Å². The van der Waals surface area contributed by atoms with E-state index in [0.29, 0.717) is 13.0 Å². The summed E-state index contributed by atoms with van der Waals surface area (Å²) in [6.07, 6.45) is 4.23. The lowest BCUT2D eigenvalue weighted by Crippen LogP contribution is -2.42. The second kappa shape index (κ2) is 5.91. The van der Waals surface area contributed by atoms with E-state index in [4.69, 9.17) is 0 Å². The van der Waals surface area contributed by atoms with Gasteiger partial charge in [-0.1, -0.05) is 18.2 Å². The molecule has 0 bridgehead atoms. The lowest BCUT2D eigenvalue weighted by atomic mass is 10.0. The van der Waals surface area contributed by atoms with Crippen LogP contribution in [0.4, 0.5) is 0 Å². The van der Waals surface area contributed by atoms with Gasteiger partial charge < -0.3 is 14.9 Å². The number of aryl methyl sites for hydroxylation is 2. The van der Waals surface area contributed by atoms with Gasteiger partial charge in [-0.2, -0.15) is 0 Å². The molecular weight excluding hydrogens is 288 g/mol. The Labute approximate surface area is 135 Å². The van der Waals surface area contributed by atoms with Crippen LogP contribution in [0.2, 0.25) is 0 Å². The standard InChI is InChI=1S/C18H22N4O/c1-13-12-19-17(20-13)18(2,3)21-16(23)9-11-22-10-8-14-6-4-5-7-15(14)22/h4-8,10,12H,9,11H2,1-3H3,(H,19,20)(H,21,23). The molecule has 0 fully saturated rings. The summed E-state index contributed by atoms with van der Waals surface area (Å²) in [6, 6.07) is 10.3. The number of fused-ring (bicyclic) bond motifs is 1. The highest BCUT2D eigenvalue weighted by molar-refractivity contribution is 5.80. The first-order chi connectivity index (χ1) is 11.0. The fourth-order valence-electron chi connectivity index (χ4n) is 2.76. The molecule has 5 nitrogen and oxygen atoms in total. The van der Waals surface area contributed by atoms with Crippen LogP contribution in [0.5, 0.6) is 0 Å². The molecule has 120 valence electrons. The van der Waals surface area contributed by atoms with E-state index in [1.54, 1.807) is 6.20 Å². The van der Waals surface area contributed by atoms with E-state index in [1.807, 2.05) is 39.1 Å². The van der Waals surface area contributed by atoms with Crippen LogP contribution in [0.1, 0.15) is 31.8 Å². The molecule has 1 aromatic carbocycles. The normalized spacial score (nSPS) is 11.8. The summed E-state index contributed by atoms with van der Waals surface area (Å²) in [5.74, 6) is 0.789. The Morgan fingerprint density at radius 2 is 2.09 bits per heavy atom. The quantitative estimate of drug-likeness (QED) is 0.760. The first kappa shape index (κ1) is 15.3. The van der Waals surface area contributed by atoms with Gasteiger partial charge in [-0.15, -0.1) is 0 Å². The number of aromatic amines is 1. The first-order valence-corrected chi connectivity index (χ1v) is 7.83. The highest BCUT2D eigenvalue weighted by Gasteiger charge is 2.25. The zero-order chi connectivity index (χ0) is 16.4. The lowest BCUT2D eigenvalue weighted by molar-refractivity contribution is -0.123. The Bertz CT molecular complexity index is 828. The van der Waals surface area contributed by atoms with Gasteiger partial charge in [0, 0.05) is 36.6 Å². The molecule has 2 heterocycles. The number of nitrogens with zero attached hydrogens (tertiary/aromatic N) is 2. The van der Waals surface area contributed by atoms with E-state index in [0.717, 1.165) is 17.0 Å². The molecule has 3 rings (SSSR count). The van der Waals surface area contributed by atoms with Crippen LogP contribution in [-0.2, 0) is 16.9 Å². The van der Waals surface area contributed by atoms with Gasteiger partial charge in [0.15, 0.2) is 0 Å². The monoisotopic (exact) mass is 310 g/mol. The SMILES string of the molecule is Cc1cnc(C(C)(C)NC(=O)CCn2ccc3ccccc32)[nH]1. The Morgan fingerprint density at radius 1 is 1.30 bits per heavy atom. The average molecular weight is 310 g/mol. The van der Waals surface area contributed by atoms with E-state index in [1.165, 1.54) is 5.39 Å². The molecule has 0 saturated carbocycles. The summed E-state index contributed by atoms with van der Waals surface area (Å²) < 4.78 is 2.11. The second-order valence-corrected chi connectivity index (χ2v) is 6.41. The molecule has 0 radical (unpaired) electrons. The van der Waals surface area contributed by atoms with Crippen LogP contribution in [0.3, 0.4) is 0 Å². The molecule has 1 amide bonds. The second-order valence-electron chi connectivity index (χ2n) is 6.41. The van der Waals surface area contributed by atoms with Crippen LogP contribution in [0.25, 0.3) is 10.9 Å². The van der Waals surface area contributed by atoms with Gasteiger partial charge >= 0.3 is 0 Å². The minimum absolute atomic E-state index is 0.0156. The zero-order valence-corrected chi connectivity index (χ0v) is 13.8. The van der Waals surface area contributed by atoms with Crippen molar-refractivity contribution in [2.45, 2.75) is 39.3 Å². The predicted molar refractivity (Wildman–Crippen MR) is 91.0 cm³/mol. The molecular formula is C18H22N4O. The Morgan fingerprint density at radius 3 is 2.83 bits per heavy atom. The van der Waals surface area contributed by atoms with Crippen molar-refractivity contribution in [1.82, 2.24) is 19.9 Å². The zero-order valence-electron chi connectivity index (χ0n) is 13.8. The smallest absolute Gasteiger partial charge is 0.222 e. The van der Waals surface area contributed by atoms with Crippen molar-refractivity contribution in [3.63, 3.8) is 0 Å². The number of hydrogen-bond donors (Lipinski definition) is 2. The number of hydrogen-bond acceptors (Lipinski definition) is 2. The highest BCUT2D eigenvalue weighted by atomic mass is 16.1. The number of amides is 1. The maximum Gasteiger partial charge on any atom is 0.222 e. The van der Waals surface area contributed by atoms with Crippen molar-refractivity contribution in [3.8, 4) is 0 Å². The van der Waals surface area contributed by atoms with E-state index in [2.05, 4.69) is 38.1 Å². The van der Waals surface area contributed by atoms with E-state index in [9.17, 15) is 4.79 Å². The van der Waals surface area contributed by atoms with Crippen LogP contribution in [-0.4, -0.2) is 20.4 Å². The first-order valence-electron chi connectivity index (χ1n) is 7.83. The fraction of sp³-hybridized carbons (Fsp3) is 0.333. The third kappa shape index (κ3) is 3.28. The van der Waals surface area contributed by atoms with E-state index >= 15 is 0 Å². The van der Waals surface area contributed by atoms with Gasteiger partial charge in [-0.25, -0.2) is 4.98 Å². The summed E-state index contributed by atoms with van der Waals surface area (Å²) in [7, 11) is 0.